The average Bonchev–Trinajstić information content (AvgIpc) is 2.80. The van der Waals surface area contributed by atoms with Gasteiger partial charge in [-0.1, -0.05) is 32.9 Å². The van der Waals surface area contributed by atoms with Crippen molar-refractivity contribution in [3.8, 4) is 0 Å². The second kappa shape index (κ2) is 8.45. The number of hydrogen-bond acceptors (Lipinski definition) is 6. The number of rotatable bonds is 7. The molecule has 0 aliphatic carbocycles. The highest BCUT2D eigenvalue weighted by Gasteiger charge is 2.50. The monoisotopic (exact) mass is 424 g/mol. The molecule has 0 radical (unpaired) electrons. The van der Waals surface area contributed by atoms with Gasteiger partial charge in [0.25, 0.3) is 0 Å². The molecule has 0 aromatic rings. The fourth-order valence-electron chi connectivity index (χ4n) is 3.35. The van der Waals surface area contributed by atoms with Crippen LogP contribution in [0.25, 0.3) is 0 Å². The Kier molecular flexibility index (Phi) is 6.99. The molecule has 0 saturated carbocycles. The van der Waals surface area contributed by atoms with E-state index in [4.69, 9.17) is 18.6 Å². The van der Waals surface area contributed by atoms with Gasteiger partial charge in [0.2, 0.25) is 0 Å². The highest BCUT2D eigenvalue weighted by molar-refractivity contribution is 6.74. The van der Waals surface area contributed by atoms with Gasteiger partial charge in [0.1, 0.15) is 24.1 Å². The number of hydrogen-bond donors (Lipinski definition) is 0. The first kappa shape index (κ1) is 24.0. The largest absolute Gasteiger partial charge is 0.455 e. The fourth-order valence-corrected chi connectivity index (χ4v) is 4.61. The number of ether oxygens (including phenoxy) is 3. The van der Waals surface area contributed by atoms with Gasteiger partial charge >= 0.3 is 5.97 Å². The molecule has 1 fully saturated rings. The van der Waals surface area contributed by atoms with Crippen molar-refractivity contribution in [2.45, 2.75) is 102 Å². The zero-order valence-electron chi connectivity index (χ0n) is 19.0. The predicted molar refractivity (Wildman–Crippen MR) is 114 cm³/mol. The Balaban J connectivity index is 2.16. The summed E-state index contributed by atoms with van der Waals surface area (Å²) in [5.74, 6) is -1.14. The van der Waals surface area contributed by atoms with E-state index >= 15 is 0 Å². The number of carbonyl (C=O) groups is 2. The number of esters is 1. The van der Waals surface area contributed by atoms with Gasteiger partial charge in [0.15, 0.2) is 14.1 Å². The molecular formula is C22H36O6Si. The summed E-state index contributed by atoms with van der Waals surface area (Å²) in [6, 6.07) is 0. The van der Waals surface area contributed by atoms with E-state index in [9.17, 15) is 9.59 Å². The smallest absolute Gasteiger partial charge is 0.331 e. The van der Waals surface area contributed by atoms with E-state index in [1.807, 2.05) is 32.9 Å². The lowest BCUT2D eigenvalue weighted by Crippen LogP contribution is -2.46. The summed E-state index contributed by atoms with van der Waals surface area (Å²) in [5.41, 5.74) is -0.769. The third-order valence-corrected chi connectivity index (χ3v) is 10.4. The van der Waals surface area contributed by atoms with Gasteiger partial charge in [-0.2, -0.15) is 0 Å². The Morgan fingerprint density at radius 3 is 2.52 bits per heavy atom. The minimum absolute atomic E-state index is 0.00213. The molecule has 6 nitrogen and oxygen atoms in total. The fraction of sp³-hybridized carbons (Fsp3) is 0.727. The number of aldehydes is 1. The molecule has 0 unspecified atom stereocenters. The lowest BCUT2D eigenvalue weighted by molar-refractivity contribution is -0.155. The lowest BCUT2D eigenvalue weighted by Gasteiger charge is -2.39. The molecule has 4 atom stereocenters. The molecule has 0 bridgehead atoms. The molecule has 164 valence electrons. The van der Waals surface area contributed by atoms with E-state index < -0.39 is 25.8 Å². The normalized spacial score (nSPS) is 31.1. The van der Waals surface area contributed by atoms with E-state index in [0.717, 1.165) is 6.29 Å². The molecule has 2 heterocycles. The van der Waals surface area contributed by atoms with Crippen LogP contribution in [0.2, 0.25) is 18.1 Å². The first-order valence-electron chi connectivity index (χ1n) is 10.2. The van der Waals surface area contributed by atoms with E-state index in [1.165, 1.54) is 6.08 Å². The van der Waals surface area contributed by atoms with Gasteiger partial charge in [-0.15, -0.1) is 0 Å². The van der Waals surface area contributed by atoms with Crippen molar-refractivity contribution in [1.29, 1.82) is 0 Å². The van der Waals surface area contributed by atoms with Crippen LogP contribution in [0.5, 0.6) is 0 Å². The van der Waals surface area contributed by atoms with Gasteiger partial charge in [0.05, 0.1) is 6.10 Å². The average molecular weight is 425 g/mol. The second-order valence-corrected chi connectivity index (χ2v) is 14.8. The summed E-state index contributed by atoms with van der Waals surface area (Å²) in [4.78, 5) is 23.3. The van der Waals surface area contributed by atoms with Crippen molar-refractivity contribution in [3.63, 3.8) is 0 Å². The quantitative estimate of drug-likeness (QED) is 0.263. The first-order valence-corrected chi connectivity index (χ1v) is 13.2. The molecule has 0 aromatic heterocycles. The number of carbonyl (C=O) groups excluding carboxylic acids is 2. The lowest BCUT2D eigenvalue weighted by atomic mass is 9.93. The van der Waals surface area contributed by atoms with E-state index in [2.05, 4.69) is 33.9 Å². The maximum Gasteiger partial charge on any atom is 0.331 e. The summed E-state index contributed by atoms with van der Waals surface area (Å²) in [5, 5.41) is 0.00213. The van der Waals surface area contributed by atoms with Gasteiger partial charge in [-0.05, 0) is 45.0 Å². The molecule has 0 aromatic carbocycles. The van der Waals surface area contributed by atoms with Crippen LogP contribution in [-0.2, 0) is 28.2 Å². The van der Waals surface area contributed by atoms with Crippen molar-refractivity contribution in [3.05, 3.63) is 24.3 Å². The molecule has 0 spiro atoms. The molecule has 2 aliphatic rings. The SMILES string of the molecule is CC1(C)O[C@H](C[C@H](C=O)O[Si](C)(C)C(C)(C)C)[C@@](C)(/C=C/[C@H]2CC=CC(=O)O2)O1. The summed E-state index contributed by atoms with van der Waals surface area (Å²) < 4.78 is 23.9. The van der Waals surface area contributed by atoms with Crippen LogP contribution in [0, 0.1) is 0 Å². The number of cyclic esters (lactones) is 1. The Labute approximate surface area is 175 Å². The zero-order chi connectivity index (χ0) is 22.1. The van der Waals surface area contributed by atoms with Crippen molar-refractivity contribution in [2.24, 2.45) is 0 Å². The minimum atomic E-state index is -2.11. The second-order valence-electron chi connectivity index (χ2n) is 10.1. The maximum absolute atomic E-state index is 11.8. The Hall–Kier alpha value is -1.28. The van der Waals surface area contributed by atoms with E-state index in [1.54, 1.807) is 6.08 Å². The van der Waals surface area contributed by atoms with Crippen molar-refractivity contribution < 1.29 is 28.2 Å². The van der Waals surface area contributed by atoms with Gasteiger partial charge < -0.3 is 23.4 Å². The highest BCUT2D eigenvalue weighted by atomic mass is 28.4. The molecule has 2 aliphatic heterocycles. The van der Waals surface area contributed by atoms with Crippen molar-refractivity contribution >= 4 is 20.6 Å². The standard InChI is InChI=1S/C22H36O6Si/c1-20(2,3)29(7,8)27-17(15-23)14-18-22(6,28-21(4,5)26-18)13-12-16-10-9-11-19(24)25-16/h9,11-13,15-18H,10,14H2,1-8H3/b13-12+/t16-,17-,18-,22-/m1/s1. The topological polar surface area (TPSA) is 71.1 Å². The molecule has 0 amide bonds. The maximum atomic E-state index is 11.8. The van der Waals surface area contributed by atoms with Gasteiger partial charge in [-0.3, -0.25) is 0 Å². The van der Waals surface area contributed by atoms with Crippen molar-refractivity contribution in [1.82, 2.24) is 0 Å². The summed E-state index contributed by atoms with van der Waals surface area (Å²) in [6.07, 6.45) is 7.57. The predicted octanol–water partition coefficient (Wildman–Crippen LogP) is 4.30. The van der Waals surface area contributed by atoms with Crippen LogP contribution < -0.4 is 0 Å². The molecule has 29 heavy (non-hydrogen) atoms. The van der Waals surface area contributed by atoms with E-state index in [0.29, 0.717) is 12.8 Å². The molecule has 0 N–H and O–H groups in total. The van der Waals surface area contributed by atoms with Gasteiger partial charge in [-0.25, -0.2) is 4.79 Å². The highest BCUT2D eigenvalue weighted by Crippen LogP contribution is 2.42. The van der Waals surface area contributed by atoms with Crippen LogP contribution in [0.4, 0.5) is 0 Å². The molecule has 1 saturated heterocycles. The Bertz CT molecular complexity index is 675. The summed E-state index contributed by atoms with van der Waals surface area (Å²) in [7, 11) is -2.11. The first-order chi connectivity index (χ1) is 13.2. The third-order valence-electron chi connectivity index (χ3n) is 5.91. The zero-order valence-corrected chi connectivity index (χ0v) is 20.0. The summed E-state index contributed by atoms with van der Waals surface area (Å²) >= 11 is 0. The Morgan fingerprint density at radius 1 is 1.31 bits per heavy atom. The van der Waals surface area contributed by atoms with Crippen LogP contribution in [0.15, 0.2) is 24.3 Å². The minimum Gasteiger partial charge on any atom is -0.455 e. The summed E-state index contributed by atoms with van der Waals surface area (Å²) in [6.45, 7) is 16.3. The third kappa shape index (κ3) is 6.10. The van der Waals surface area contributed by atoms with Gasteiger partial charge in [0, 0.05) is 18.9 Å². The Morgan fingerprint density at radius 2 is 1.97 bits per heavy atom. The molecule has 2 rings (SSSR count). The van der Waals surface area contributed by atoms with E-state index in [-0.39, 0.29) is 23.2 Å². The molecule has 7 heteroatoms. The van der Waals surface area contributed by atoms with Crippen LogP contribution >= 0.6 is 0 Å². The van der Waals surface area contributed by atoms with Crippen LogP contribution in [-0.4, -0.2) is 50.3 Å². The van der Waals surface area contributed by atoms with Crippen molar-refractivity contribution in [2.75, 3.05) is 0 Å². The van der Waals surface area contributed by atoms with Crippen LogP contribution in [0.1, 0.15) is 54.4 Å². The molecular weight excluding hydrogens is 388 g/mol. The van der Waals surface area contributed by atoms with Crippen LogP contribution in [0.3, 0.4) is 0 Å².